The summed E-state index contributed by atoms with van der Waals surface area (Å²) in [4.78, 5) is 2.23. The maximum Gasteiger partial charge on any atom is 0.163 e. The van der Waals surface area contributed by atoms with Crippen LogP contribution in [0, 0.1) is 0 Å². The van der Waals surface area contributed by atoms with Gasteiger partial charge in [0.05, 0.1) is 13.2 Å². The van der Waals surface area contributed by atoms with Crippen LogP contribution >= 0.6 is 7.92 Å². The summed E-state index contributed by atoms with van der Waals surface area (Å²) in [7, 11) is 3.23. The molecule has 0 amide bonds. The summed E-state index contributed by atoms with van der Waals surface area (Å²) in [5, 5.41) is 2.73. The van der Waals surface area contributed by atoms with Crippen LogP contribution in [0.4, 0.5) is 5.69 Å². The van der Waals surface area contributed by atoms with Gasteiger partial charge >= 0.3 is 0 Å². The van der Waals surface area contributed by atoms with E-state index in [0.29, 0.717) is 0 Å². The summed E-state index contributed by atoms with van der Waals surface area (Å²) in [6.07, 6.45) is 0.917. The summed E-state index contributed by atoms with van der Waals surface area (Å²) in [5.74, 6) is 0.266. The summed E-state index contributed by atoms with van der Waals surface area (Å²) >= 11 is 0. The minimum atomic E-state index is -0.593. The zero-order valence-corrected chi connectivity index (χ0v) is 20.2. The van der Waals surface area contributed by atoms with Crippen molar-refractivity contribution in [2.75, 3.05) is 31.8 Å². The van der Waals surface area contributed by atoms with Gasteiger partial charge < -0.3 is 19.1 Å². The van der Waals surface area contributed by atoms with Gasteiger partial charge in [-0.1, -0.05) is 60.7 Å². The van der Waals surface area contributed by atoms with Crippen molar-refractivity contribution in [3.63, 3.8) is 0 Å². The number of hydrogen-bond acceptors (Lipinski definition) is 4. The number of nitrogens with zero attached hydrogens (tertiary/aromatic N) is 1. The number of anilines is 1. The van der Waals surface area contributed by atoms with Crippen molar-refractivity contribution < 1.29 is 14.2 Å². The Morgan fingerprint density at radius 3 is 1.88 bits per heavy atom. The van der Waals surface area contributed by atoms with Gasteiger partial charge in [-0.2, -0.15) is 0 Å². The van der Waals surface area contributed by atoms with E-state index in [4.69, 9.17) is 14.2 Å². The molecule has 0 saturated carbocycles. The predicted molar refractivity (Wildman–Crippen MR) is 134 cm³/mol. The lowest BCUT2D eigenvalue weighted by Gasteiger charge is -2.28. The van der Waals surface area contributed by atoms with E-state index in [2.05, 4.69) is 84.7 Å². The maximum absolute atomic E-state index is 6.46. The van der Waals surface area contributed by atoms with Gasteiger partial charge in [0.15, 0.2) is 5.79 Å². The molecule has 0 aliphatic carbocycles. The van der Waals surface area contributed by atoms with Crippen LogP contribution in [0.1, 0.15) is 13.8 Å². The predicted octanol–water partition coefficient (Wildman–Crippen LogP) is 4.78. The van der Waals surface area contributed by atoms with Crippen LogP contribution in [0.15, 0.2) is 84.9 Å². The van der Waals surface area contributed by atoms with Gasteiger partial charge in [-0.15, -0.1) is 0 Å². The van der Waals surface area contributed by atoms with E-state index >= 15 is 0 Å². The molecule has 1 aliphatic rings. The molecule has 0 bridgehead atoms. The van der Waals surface area contributed by atoms with E-state index in [1.54, 1.807) is 7.11 Å². The molecule has 3 aromatic rings. The van der Waals surface area contributed by atoms with Gasteiger partial charge in [-0.05, 0) is 56.6 Å². The molecule has 32 heavy (non-hydrogen) atoms. The molecule has 0 aromatic heterocycles. The molecular weight excluding hydrogens is 417 g/mol. The fraction of sp³-hybridized carbons (Fsp3) is 0.333. The minimum Gasteiger partial charge on any atom is -0.497 e. The van der Waals surface area contributed by atoms with Crippen molar-refractivity contribution in [1.29, 1.82) is 0 Å². The fourth-order valence-corrected chi connectivity index (χ4v) is 6.64. The van der Waals surface area contributed by atoms with Crippen LogP contribution in [0.25, 0.3) is 0 Å². The van der Waals surface area contributed by atoms with Gasteiger partial charge in [-0.25, -0.2) is 0 Å². The molecule has 2 atom stereocenters. The zero-order chi connectivity index (χ0) is 22.6. The summed E-state index contributed by atoms with van der Waals surface area (Å²) < 4.78 is 18.1. The Morgan fingerprint density at radius 1 is 0.812 bits per heavy atom. The second-order valence-electron chi connectivity index (χ2n) is 8.57. The van der Waals surface area contributed by atoms with Crippen molar-refractivity contribution >= 4 is 24.2 Å². The van der Waals surface area contributed by atoms with Crippen molar-refractivity contribution in [3.05, 3.63) is 84.9 Å². The molecule has 1 heterocycles. The molecule has 0 radical (unpaired) electrons. The highest BCUT2D eigenvalue weighted by Crippen LogP contribution is 2.40. The second-order valence-corrected chi connectivity index (χ2v) is 10.8. The fourth-order valence-electron chi connectivity index (χ4n) is 4.19. The molecular formula is C27H32NO3P. The SMILES string of the molecule is COc1ccc(N(C)C[C@@H]2OC(C)(C)O[C@H]2CP(c2ccccc2)c2ccccc2)cc1. The Kier molecular flexibility index (Phi) is 7.15. The van der Waals surface area contributed by atoms with Gasteiger partial charge in [0.25, 0.3) is 0 Å². The van der Waals surface area contributed by atoms with Crippen molar-refractivity contribution in [2.45, 2.75) is 31.8 Å². The van der Waals surface area contributed by atoms with E-state index in [1.807, 2.05) is 26.0 Å². The monoisotopic (exact) mass is 449 g/mol. The zero-order valence-electron chi connectivity index (χ0n) is 19.3. The standard InChI is InChI=1S/C27H32NO3P/c1-27(2)30-25(19-28(3)21-15-17-22(29-4)18-16-21)26(31-27)20-32(23-11-7-5-8-12-23)24-13-9-6-10-14-24/h5-18,25-26H,19-20H2,1-4H3/t25-,26-/m0/s1. The average Bonchev–Trinajstić information content (AvgIpc) is 3.11. The van der Waals surface area contributed by atoms with E-state index < -0.39 is 13.7 Å². The van der Waals surface area contributed by atoms with E-state index in [-0.39, 0.29) is 12.2 Å². The van der Waals surface area contributed by atoms with Crippen LogP contribution in [0.5, 0.6) is 5.75 Å². The lowest BCUT2D eigenvalue weighted by Crippen LogP contribution is -2.38. The summed E-state index contributed by atoms with van der Waals surface area (Å²) in [6, 6.07) is 29.7. The molecule has 3 aromatic carbocycles. The summed E-state index contributed by atoms with van der Waals surface area (Å²) in [6.45, 7) is 4.79. The highest BCUT2D eigenvalue weighted by molar-refractivity contribution is 7.73. The first kappa shape index (κ1) is 22.8. The van der Waals surface area contributed by atoms with Crippen LogP contribution < -0.4 is 20.2 Å². The number of benzene rings is 3. The molecule has 5 heteroatoms. The van der Waals surface area contributed by atoms with Crippen molar-refractivity contribution in [2.24, 2.45) is 0 Å². The van der Waals surface area contributed by atoms with E-state index in [0.717, 1.165) is 24.1 Å². The lowest BCUT2D eigenvalue weighted by molar-refractivity contribution is -0.143. The van der Waals surface area contributed by atoms with Gasteiger partial charge in [-0.3, -0.25) is 0 Å². The van der Waals surface area contributed by atoms with Gasteiger partial charge in [0.2, 0.25) is 0 Å². The smallest absolute Gasteiger partial charge is 0.163 e. The average molecular weight is 450 g/mol. The number of methoxy groups -OCH3 is 1. The van der Waals surface area contributed by atoms with Gasteiger partial charge in [0, 0.05) is 25.4 Å². The molecule has 0 unspecified atom stereocenters. The Bertz CT molecular complexity index is 939. The van der Waals surface area contributed by atoms with E-state index in [1.165, 1.54) is 10.6 Å². The number of likely N-dealkylation sites (N-methyl/N-ethyl adjacent to an activating group) is 1. The van der Waals surface area contributed by atoms with E-state index in [9.17, 15) is 0 Å². The highest BCUT2D eigenvalue weighted by Gasteiger charge is 2.42. The number of rotatable bonds is 8. The number of ether oxygens (including phenoxy) is 3. The normalized spacial score (nSPS) is 19.8. The third kappa shape index (κ3) is 5.50. The Hall–Kier alpha value is -2.39. The van der Waals surface area contributed by atoms with Crippen molar-refractivity contribution in [3.8, 4) is 5.75 Å². The molecule has 168 valence electrons. The van der Waals surface area contributed by atoms with Gasteiger partial charge in [0.1, 0.15) is 11.9 Å². The maximum atomic E-state index is 6.46. The topological polar surface area (TPSA) is 30.9 Å². The first-order valence-electron chi connectivity index (χ1n) is 11.0. The third-order valence-corrected chi connectivity index (χ3v) is 8.32. The molecule has 0 N–H and O–H groups in total. The first-order valence-corrected chi connectivity index (χ1v) is 12.6. The quantitative estimate of drug-likeness (QED) is 0.463. The molecule has 1 saturated heterocycles. The number of hydrogen-bond donors (Lipinski definition) is 0. The first-order chi connectivity index (χ1) is 15.4. The van der Waals surface area contributed by atoms with Crippen LogP contribution in [0.2, 0.25) is 0 Å². The molecule has 4 nitrogen and oxygen atoms in total. The van der Waals surface area contributed by atoms with Crippen molar-refractivity contribution in [1.82, 2.24) is 0 Å². The van der Waals surface area contributed by atoms with Crippen LogP contribution in [0.3, 0.4) is 0 Å². The molecule has 1 fully saturated rings. The van der Waals surface area contributed by atoms with Crippen LogP contribution in [-0.4, -0.2) is 44.9 Å². The third-order valence-electron chi connectivity index (χ3n) is 5.75. The van der Waals surface area contributed by atoms with Crippen LogP contribution in [-0.2, 0) is 9.47 Å². The Labute approximate surface area is 192 Å². The Balaban J connectivity index is 1.55. The lowest BCUT2D eigenvalue weighted by atomic mass is 10.2. The molecule has 4 rings (SSSR count). The second kappa shape index (κ2) is 10.0. The summed E-state index contributed by atoms with van der Waals surface area (Å²) in [5.41, 5.74) is 1.13. The largest absolute Gasteiger partial charge is 0.497 e. The minimum absolute atomic E-state index is 0.0113. The molecule has 1 aliphatic heterocycles. The highest BCUT2D eigenvalue weighted by atomic mass is 31.1. The molecule has 0 spiro atoms. The Morgan fingerprint density at radius 2 is 1.34 bits per heavy atom.